The maximum atomic E-state index is 6.19. The second-order valence-electron chi connectivity index (χ2n) is 3.96. The minimum Gasteiger partial charge on any atom is -0.307 e. The number of allylic oxidation sites excluding steroid dienone is 1. The maximum absolute atomic E-state index is 6.19. The van der Waals surface area contributed by atoms with E-state index in [1.54, 1.807) is 12.3 Å². The van der Waals surface area contributed by atoms with Crippen LogP contribution in [0.2, 0.25) is 10.0 Å². The number of hydrogen-bond donors (Lipinski definition) is 0. The molecule has 0 saturated heterocycles. The Morgan fingerprint density at radius 1 is 1.33 bits per heavy atom. The molecule has 0 fully saturated rings. The summed E-state index contributed by atoms with van der Waals surface area (Å²) in [4.78, 5) is 4.34. The second kappa shape index (κ2) is 6.07. The van der Waals surface area contributed by atoms with Crippen molar-refractivity contribution in [3.05, 3.63) is 46.7 Å². The summed E-state index contributed by atoms with van der Waals surface area (Å²) in [5.41, 5.74) is 0.882. The molecule has 4 heteroatoms. The van der Waals surface area contributed by atoms with E-state index >= 15 is 0 Å². The first-order chi connectivity index (χ1) is 8.72. The van der Waals surface area contributed by atoms with Crippen LogP contribution < -0.4 is 0 Å². The van der Waals surface area contributed by atoms with Crippen LogP contribution >= 0.6 is 23.2 Å². The van der Waals surface area contributed by atoms with E-state index in [1.165, 1.54) is 0 Å². The zero-order valence-corrected chi connectivity index (χ0v) is 11.6. The minimum absolute atomic E-state index is 0.610. The fourth-order valence-corrected chi connectivity index (χ4v) is 2.16. The van der Waals surface area contributed by atoms with Gasteiger partial charge in [-0.2, -0.15) is 0 Å². The highest BCUT2D eigenvalue weighted by Crippen LogP contribution is 2.29. The van der Waals surface area contributed by atoms with Crippen molar-refractivity contribution in [1.29, 1.82) is 0 Å². The van der Waals surface area contributed by atoms with E-state index in [-0.39, 0.29) is 0 Å². The largest absolute Gasteiger partial charge is 0.307 e. The summed E-state index contributed by atoms with van der Waals surface area (Å²) in [5.74, 6) is 0.823. The zero-order chi connectivity index (χ0) is 13.0. The molecule has 1 heterocycles. The summed E-state index contributed by atoms with van der Waals surface area (Å²) in [7, 11) is 0. The Labute approximate surface area is 117 Å². The third kappa shape index (κ3) is 2.95. The van der Waals surface area contributed by atoms with Crippen LogP contribution in [0.1, 0.15) is 19.8 Å². The molecule has 0 spiro atoms. The zero-order valence-electron chi connectivity index (χ0n) is 10.1. The first-order valence-corrected chi connectivity index (χ1v) is 6.63. The van der Waals surface area contributed by atoms with Crippen molar-refractivity contribution in [1.82, 2.24) is 9.55 Å². The number of benzene rings is 1. The lowest BCUT2D eigenvalue weighted by Crippen LogP contribution is -1.91. The molecule has 0 radical (unpaired) electrons. The van der Waals surface area contributed by atoms with Crippen molar-refractivity contribution in [3.63, 3.8) is 0 Å². The van der Waals surface area contributed by atoms with Crippen molar-refractivity contribution in [2.75, 3.05) is 0 Å². The van der Waals surface area contributed by atoms with Crippen molar-refractivity contribution < 1.29 is 0 Å². The monoisotopic (exact) mass is 280 g/mol. The molecule has 0 aliphatic carbocycles. The minimum atomic E-state index is 0.610. The number of rotatable bonds is 4. The average molecular weight is 281 g/mol. The SMILES string of the molecule is CCC/C=C/n1ccnc1-c1ccc(Cl)cc1Cl. The van der Waals surface area contributed by atoms with Gasteiger partial charge in [0.1, 0.15) is 5.82 Å². The number of halogens is 2. The summed E-state index contributed by atoms with van der Waals surface area (Å²) in [6.07, 6.45) is 9.98. The topological polar surface area (TPSA) is 17.8 Å². The van der Waals surface area contributed by atoms with Crippen molar-refractivity contribution >= 4 is 29.4 Å². The quantitative estimate of drug-likeness (QED) is 0.759. The van der Waals surface area contributed by atoms with Crippen LogP contribution in [0, 0.1) is 0 Å². The van der Waals surface area contributed by atoms with E-state index in [9.17, 15) is 0 Å². The van der Waals surface area contributed by atoms with E-state index in [0.717, 1.165) is 24.2 Å². The molecular formula is C14H14Cl2N2. The Bertz CT molecular complexity index is 559. The van der Waals surface area contributed by atoms with Crippen LogP contribution in [-0.2, 0) is 0 Å². The van der Waals surface area contributed by atoms with Crippen molar-refractivity contribution in [2.24, 2.45) is 0 Å². The number of nitrogens with zero attached hydrogens (tertiary/aromatic N) is 2. The van der Waals surface area contributed by atoms with Crippen LogP contribution in [0.5, 0.6) is 0 Å². The molecule has 2 aromatic rings. The highest BCUT2D eigenvalue weighted by atomic mass is 35.5. The Morgan fingerprint density at radius 2 is 2.17 bits per heavy atom. The van der Waals surface area contributed by atoms with E-state index in [4.69, 9.17) is 23.2 Å². The summed E-state index contributed by atoms with van der Waals surface area (Å²) < 4.78 is 1.96. The Balaban J connectivity index is 2.36. The molecule has 0 N–H and O–H groups in total. The number of unbranched alkanes of at least 4 members (excludes halogenated alkanes) is 1. The van der Waals surface area contributed by atoms with Crippen LogP contribution in [0.25, 0.3) is 17.6 Å². The fraction of sp³-hybridized carbons (Fsp3) is 0.214. The van der Waals surface area contributed by atoms with Gasteiger partial charge in [0.25, 0.3) is 0 Å². The third-order valence-electron chi connectivity index (χ3n) is 2.56. The predicted molar refractivity (Wildman–Crippen MR) is 77.9 cm³/mol. The van der Waals surface area contributed by atoms with E-state index in [1.807, 2.05) is 29.1 Å². The lowest BCUT2D eigenvalue weighted by molar-refractivity contribution is 0.956. The van der Waals surface area contributed by atoms with Gasteiger partial charge in [-0.3, -0.25) is 0 Å². The Kier molecular flexibility index (Phi) is 4.45. The highest BCUT2D eigenvalue weighted by Gasteiger charge is 2.08. The van der Waals surface area contributed by atoms with Gasteiger partial charge >= 0.3 is 0 Å². The van der Waals surface area contributed by atoms with Crippen LogP contribution in [0.15, 0.2) is 36.7 Å². The van der Waals surface area contributed by atoms with E-state index in [2.05, 4.69) is 18.0 Å². The molecule has 18 heavy (non-hydrogen) atoms. The molecule has 94 valence electrons. The molecule has 2 nitrogen and oxygen atoms in total. The molecule has 0 bridgehead atoms. The average Bonchev–Trinajstić information content (AvgIpc) is 2.78. The molecule has 2 rings (SSSR count). The summed E-state index contributed by atoms with van der Waals surface area (Å²) >= 11 is 12.1. The summed E-state index contributed by atoms with van der Waals surface area (Å²) in [5, 5.41) is 1.24. The van der Waals surface area contributed by atoms with Crippen LogP contribution in [-0.4, -0.2) is 9.55 Å². The lowest BCUT2D eigenvalue weighted by atomic mass is 10.2. The maximum Gasteiger partial charge on any atom is 0.145 e. The Morgan fingerprint density at radius 3 is 2.89 bits per heavy atom. The predicted octanol–water partition coefficient (Wildman–Crippen LogP) is 5.13. The van der Waals surface area contributed by atoms with Gasteiger partial charge in [0.15, 0.2) is 0 Å². The normalized spacial score (nSPS) is 11.3. The molecular weight excluding hydrogens is 267 g/mol. The van der Waals surface area contributed by atoms with E-state index < -0.39 is 0 Å². The Hall–Kier alpha value is -1.25. The van der Waals surface area contributed by atoms with Gasteiger partial charge in [0.05, 0.1) is 5.02 Å². The van der Waals surface area contributed by atoms with Crippen LogP contribution in [0.4, 0.5) is 0 Å². The van der Waals surface area contributed by atoms with Gasteiger partial charge in [-0.15, -0.1) is 0 Å². The van der Waals surface area contributed by atoms with E-state index in [0.29, 0.717) is 10.0 Å². The van der Waals surface area contributed by atoms with Crippen molar-refractivity contribution in [3.8, 4) is 11.4 Å². The lowest BCUT2D eigenvalue weighted by Gasteiger charge is -2.05. The molecule has 0 aliphatic heterocycles. The molecule has 0 amide bonds. The number of hydrogen-bond acceptors (Lipinski definition) is 1. The molecule has 1 aromatic heterocycles. The smallest absolute Gasteiger partial charge is 0.145 e. The molecule has 0 saturated carbocycles. The first kappa shape index (κ1) is 13.2. The summed E-state index contributed by atoms with van der Waals surface area (Å²) in [6, 6.07) is 5.43. The van der Waals surface area contributed by atoms with Crippen molar-refractivity contribution in [2.45, 2.75) is 19.8 Å². The second-order valence-corrected chi connectivity index (χ2v) is 4.80. The molecule has 0 atom stereocenters. The van der Waals surface area contributed by atoms with Gasteiger partial charge in [-0.1, -0.05) is 42.6 Å². The van der Waals surface area contributed by atoms with Gasteiger partial charge in [0.2, 0.25) is 0 Å². The van der Waals surface area contributed by atoms with Gasteiger partial charge in [0, 0.05) is 29.2 Å². The van der Waals surface area contributed by atoms with Crippen LogP contribution in [0.3, 0.4) is 0 Å². The number of aromatic nitrogens is 2. The fourth-order valence-electron chi connectivity index (χ4n) is 1.67. The molecule has 0 unspecified atom stereocenters. The molecule has 0 aliphatic rings. The van der Waals surface area contributed by atoms with Gasteiger partial charge in [-0.05, 0) is 24.6 Å². The number of imidazole rings is 1. The first-order valence-electron chi connectivity index (χ1n) is 5.87. The third-order valence-corrected chi connectivity index (χ3v) is 3.11. The van der Waals surface area contributed by atoms with Gasteiger partial charge in [-0.25, -0.2) is 4.98 Å². The van der Waals surface area contributed by atoms with Gasteiger partial charge < -0.3 is 4.57 Å². The standard InChI is InChI=1S/C14H14Cl2N2/c1-2-3-4-8-18-9-7-17-14(18)12-6-5-11(15)10-13(12)16/h4-10H,2-3H2,1H3/b8-4+. The molecule has 1 aromatic carbocycles. The highest BCUT2D eigenvalue weighted by molar-refractivity contribution is 6.36. The summed E-state index contributed by atoms with van der Waals surface area (Å²) in [6.45, 7) is 2.15.